The number of ketones is 2. The molecule has 3 aromatic rings. The van der Waals surface area contributed by atoms with Gasteiger partial charge in [-0.1, -0.05) is 13.8 Å². The lowest BCUT2D eigenvalue weighted by atomic mass is 9.52. The summed E-state index contributed by atoms with van der Waals surface area (Å²) in [6.45, 7) is 5.43. The third-order valence-corrected chi connectivity index (χ3v) is 9.14. The second-order valence-corrected chi connectivity index (χ2v) is 11.4. The third-order valence-electron chi connectivity index (χ3n) is 8.27. The molecular formula is C30H29BrO8. The molecule has 2 aliphatic rings. The first-order valence-electron chi connectivity index (χ1n) is 12.3. The molecule has 39 heavy (non-hydrogen) atoms. The fourth-order valence-corrected chi connectivity index (χ4v) is 6.94. The zero-order chi connectivity index (χ0) is 28.6. The number of aryl methyl sites for hydroxylation is 1. The van der Waals surface area contributed by atoms with Gasteiger partial charge < -0.3 is 29.5 Å². The standard InChI is InChI=1S/C30H29BrO8/c1-13-7-15(37-4)10-20(38-5)23(13)16-11-21(39-6)26(31)17-12-22-29(2,3)18-8-14(32)9-19(33)25(18)28(35)30(22,36)27(34)24(16)17/h7-11,22,32-33,36H,12H2,1-6H3. The van der Waals surface area contributed by atoms with Gasteiger partial charge in [0.2, 0.25) is 11.6 Å². The minimum Gasteiger partial charge on any atom is -0.508 e. The molecule has 0 aliphatic heterocycles. The normalized spacial score (nSPS) is 21.1. The van der Waals surface area contributed by atoms with Crippen molar-refractivity contribution in [3.63, 3.8) is 0 Å². The SMILES string of the molecule is COc1cc(C)c(-c2cc(OC)c(Br)c3c2C(=O)C2(O)C(=O)c4c(O)cc(O)cc4C(C)(C)C2C3)c(OC)c1. The number of carbonyl (C=O) groups excluding carboxylic acids is 2. The van der Waals surface area contributed by atoms with Gasteiger partial charge in [-0.2, -0.15) is 0 Å². The largest absolute Gasteiger partial charge is 0.508 e. The maximum Gasteiger partial charge on any atom is 0.206 e. The van der Waals surface area contributed by atoms with E-state index in [2.05, 4.69) is 15.9 Å². The van der Waals surface area contributed by atoms with Gasteiger partial charge in [0, 0.05) is 34.7 Å². The Balaban J connectivity index is 1.86. The number of carbonyl (C=O) groups is 2. The maximum absolute atomic E-state index is 14.5. The first-order chi connectivity index (χ1) is 18.3. The topological polar surface area (TPSA) is 123 Å². The number of rotatable bonds is 4. The Kier molecular flexibility index (Phi) is 6.23. The summed E-state index contributed by atoms with van der Waals surface area (Å²) in [5.41, 5.74) is -0.741. The molecule has 3 N–H and O–H groups in total. The number of Topliss-reactive ketones (excluding diaryl/α,β-unsaturated/α-hetero) is 2. The molecule has 204 valence electrons. The van der Waals surface area contributed by atoms with Gasteiger partial charge in [0.05, 0.1) is 31.4 Å². The Hall–Kier alpha value is -3.56. The smallest absolute Gasteiger partial charge is 0.206 e. The number of fused-ring (bicyclic) bond motifs is 3. The summed E-state index contributed by atoms with van der Waals surface area (Å²) >= 11 is 3.61. The maximum atomic E-state index is 14.5. The van der Waals surface area contributed by atoms with Crippen molar-refractivity contribution in [2.45, 2.75) is 38.2 Å². The van der Waals surface area contributed by atoms with Gasteiger partial charge in [-0.05, 0) is 69.6 Å². The van der Waals surface area contributed by atoms with Crippen molar-refractivity contribution in [1.29, 1.82) is 0 Å². The first kappa shape index (κ1) is 27.0. The lowest BCUT2D eigenvalue weighted by Crippen LogP contribution is -2.64. The molecule has 2 atom stereocenters. The molecule has 2 aliphatic carbocycles. The molecular weight excluding hydrogens is 568 g/mol. The van der Waals surface area contributed by atoms with E-state index in [0.717, 1.165) is 11.6 Å². The van der Waals surface area contributed by atoms with Crippen molar-refractivity contribution in [1.82, 2.24) is 0 Å². The molecule has 0 fully saturated rings. The van der Waals surface area contributed by atoms with Crippen molar-refractivity contribution in [3.05, 3.63) is 62.6 Å². The van der Waals surface area contributed by atoms with Crippen molar-refractivity contribution in [3.8, 4) is 39.9 Å². The number of phenolic OH excluding ortho intramolecular Hbond substituents is 2. The van der Waals surface area contributed by atoms with E-state index in [4.69, 9.17) is 14.2 Å². The highest BCUT2D eigenvalue weighted by atomic mass is 79.9. The predicted molar refractivity (Wildman–Crippen MR) is 148 cm³/mol. The summed E-state index contributed by atoms with van der Waals surface area (Å²) < 4.78 is 17.3. The van der Waals surface area contributed by atoms with Crippen LogP contribution in [0.1, 0.15) is 51.3 Å². The number of hydrogen-bond acceptors (Lipinski definition) is 8. The van der Waals surface area contributed by atoms with Crippen molar-refractivity contribution < 1.29 is 39.1 Å². The number of methoxy groups -OCH3 is 3. The minimum absolute atomic E-state index is 0.133. The van der Waals surface area contributed by atoms with E-state index in [1.165, 1.54) is 20.3 Å². The average molecular weight is 597 g/mol. The highest BCUT2D eigenvalue weighted by molar-refractivity contribution is 9.10. The summed E-state index contributed by atoms with van der Waals surface area (Å²) in [5.74, 6) is -1.81. The molecule has 0 heterocycles. The summed E-state index contributed by atoms with van der Waals surface area (Å²) in [5, 5.41) is 33.0. The fourth-order valence-electron chi connectivity index (χ4n) is 6.31. The molecule has 0 spiro atoms. The third kappa shape index (κ3) is 3.59. The molecule has 3 aromatic carbocycles. The van der Waals surface area contributed by atoms with Gasteiger partial charge in [-0.15, -0.1) is 0 Å². The molecule has 0 aromatic heterocycles. The Morgan fingerprint density at radius 1 is 0.872 bits per heavy atom. The molecule has 0 radical (unpaired) electrons. The van der Waals surface area contributed by atoms with Gasteiger partial charge in [-0.3, -0.25) is 9.59 Å². The average Bonchev–Trinajstić information content (AvgIpc) is 2.89. The number of halogens is 1. The number of phenols is 2. The first-order valence-corrected chi connectivity index (χ1v) is 13.1. The monoisotopic (exact) mass is 596 g/mol. The quantitative estimate of drug-likeness (QED) is 0.355. The van der Waals surface area contributed by atoms with Crippen LogP contribution in [0, 0.1) is 12.8 Å². The van der Waals surface area contributed by atoms with Gasteiger partial charge in [0.25, 0.3) is 0 Å². The Bertz CT molecular complexity index is 1570. The van der Waals surface area contributed by atoms with Crippen LogP contribution in [-0.2, 0) is 11.8 Å². The van der Waals surface area contributed by atoms with Crippen LogP contribution in [0.2, 0.25) is 0 Å². The van der Waals surface area contributed by atoms with Crippen LogP contribution in [0.5, 0.6) is 28.7 Å². The summed E-state index contributed by atoms with van der Waals surface area (Å²) in [4.78, 5) is 28.5. The van der Waals surface area contributed by atoms with E-state index in [0.29, 0.717) is 44.0 Å². The molecule has 0 saturated heterocycles. The molecule has 9 heteroatoms. The van der Waals surface area contributed by atoms with Gasteiger partial charge >= 0.3 is 0 Å². The number of hydrogen-bond donors (Lipinski definition) is 3. The predicted octanol–water partition coefficient (Wildman–Crippen LogP) is 5.12. The van der Waals surface area contributed by atoms with Crippen molar-refractivity contribution in [2.24, 2.45) is 5.92 Å². The van der Waals surface area contributed by atoms with Crippen LogP contribution < -0.4 is 14.2 Å². The molecule has 0 bridgehead atoms. The van der Waals surface area contributed by atoms with Crippen LogP contribution in [-0.4, -0.2) is 53.8 Å². The summed E-state index contributed by atoms with van der Waals surface area (Å²) in [6, 6.07) is 7.63. The number of benzene rings is 3. The Morgan fingerprint density at radius 2 is 1.51 bits per heavy atom. The Morgan fingerprint density at radius 3 is 2.13 bits per heavy atom. The molecule has 2 unspecified atom stereocenters. The number of ether oxygens (including phenoxy) is 3. The summed E-state index contributed by atoms with van der Waals surface area (Å²) in [7, 11) is 4.57. The van der Waals surface area contributed by atoms with Crippen LogP contribution in [0.25, 0.3) is 11.1 Å². The van der Waals surface area contributed by atoms with Gasteiger partial charge in [0.1, 0.15) is 28.7 Å². The fraction of sp³-hybridized carbons (Fsp3) is 0.333. The van der Waals surface area contributed by atoms with Crippen molar-refractivity contribution in [2.75, 3.05) is 21.3 Å². The highest BCUT2D eigenvalue weighted by Crippen LogP contribution is 2.56. The minimum atomic E-state index is -2.46. The summed E-state index contributed by atoms with van der Waals surface area (Å²) in [6.07, 6.45) is 0.133. The van der Waals surface area contributed by atoms with Gasteiger partial charge in [0.15, 0.2) is 5.60 Å². The molecule has 5 rings (SSSR count). The van der Waals surface area contributed by atoms with E-state index >= 15 is 0 Å². The van der Waals surface area contributed by atoms with Crippen LogP contribution in [0.3, 0.4) is 0 Å². The van der Waals surface area contributed by atoms with Crippen LogP contribution in [0.4, 0.5) is 0 Å². The van der Waals surface area contributed by atoms with E-state index in [1.807, 2.05) is 6.92 Å². The number of aliphatic hydroxyl groups is 1. The molecule has 0 amide bonds. The Labute approximate surface area is 234 Å². The zero-order valence-corrected chi connectivity index (χ0v) is 24.0. The van der Waals surface area contributed by atoms with Gasteiger partial charge in [-0.25, -0.2) is 0 Å². The number of aromatic hydroxyl groups is 2. The highest BCUT2D eigenvalue weighted by Gasteiger charge is 2.64. The van der Waals surface area contributed by atoms with E-state index in [1.54, 1.807) is 39.2 Å². The lowest BCUT2D eigenvalue weighted by Gasteiger charge is -2.51. The van der Waals surface area contributed by atoms with Crippen molar-refractivity contribution >= 4 is 27.5 Å². The zero-order valence-electron chi connectivity index (χ0n) is 22.4. The lowest BCUT2D eigenvalue weighted by molar-refractivity contribution is -0.0203. The van der Waals surface area contributed by atoms with Crippen LogP contribution >= 0.6 is 15.9 Å². The molecule has 8 nitrogen and oxygen atoms in total. The second-order valence-electron chi connectivity index (χ2n) is 10.6. The van der Waals surface area contributed by atoms with E-state index < -0.39 is 34.2 Å². The van der Waals surface area contributed by atoms with E-state index in [9.17, 15) is 24.9 Å². The molecule has 0 saturated carbocycles. The van der Waals surface area contributed by atoms with Crippen LogP contribution in [0.15, 0.2) is 34.8 Å². The second kappa shape index (κ2) is 8.99. The van der Waals surface area contributed by atoms with E-state index in [-0.39, 0.29) is 23.3 Å².